The van der Waals surface area contributed by atoms with Gasteiger partial charge in [-0.25, -0.2) is 0 Å². The molecule has 0 saturated heterocycles. The second kappa shape index (κ2) is 8.24. The molecule has 5 nitrogen and oxygen atoms in total. The molecule has 1 N–H and O–H groups in total. The van der Waals surface area contributed by atoms with Gasteiger partial charge in [-0.3, -0.25) is 0 Å². The zero-order valence-electron chi connectivity index (χ0n) is 15.8. The number of nitrogens with one attached hydrogen (secondary N) is 1. The molecule has 28 heavy (non-hydrogen) atoms. The van der Waals surface area contributed by atoms with Gasteiger partial charge in [-0.1, -0.05) is 6.07 Å². The molecule has 146 valence electrons. The summed E-state index contributed by atoms with van der Waals surface area (Å²) >= 11 is 7.49. The van der Waals surface area contributed by atoms with Crippen molar-refractivity contribution < 1.29 is 13.9 Å². The molecule has 0 radical (unpaired) electrons. The van der Waals surface area contributed by atoms with Crippen molar-refractivity contribution in [1.82, 2.24) is 10.2 Å². The van der Waals surface area contributed by atoms with Crippen LogP contribution in [0.5, 0.6) is 11.5 Å². The minimum absolute atomic E-state index is 0.0418. The Morgan fingerprint density at radius 3 is 2.75 bits per heavy atom. The summed E-state index contributed by atoms with van der Waals surface area (Å²) in [6.45, 7) is 1.40. The minimum atomic E-state index is 0.0418. The standard InChI is InChI=1S/C21H22N2O3S2/c1-24-17-11-14-7-8-23(21(27)22-13-15-5-3-9-26-15)20(19-6-4-10-28-19)16(14)12-18(17)25-2/h3-6,9-12,20H,7-8,13H2,1-2H3,(H,22,27)/t20-/m1/s1. The van der Waals surface area contributed by atoms with E-state index in [0.717, 1.165) is 35.3 Å². The molecule has 0 saturated carbocycles. The molecule has 2 aromatic heterocycles. The van der Waals surface area contributed by atoms with Crippen LogP contribution in [0.4, 0.5) is 0 Å². The highest BCUT2D eigenvalue weighted by Gasteiger charge is 2.32. The van der Waals surface area contributed by atoms with Gasteiger partial charge in [-0.15, -0.1) is 11.3 Å². The summed E-state index contributed by atoms with van der Waals surface area (Å²) in [6, 6.07) is 12.3. The summed E-state index contributed by atoms with van der Waals surface area (Å²) in [4.78, 5) is 3.49. The number of fused-ring (bicyclic) bond motifs is 1. The van der Waals surface area contributed by atoms with Gasteiger partial charge in [0.15, 0.2) is 16.6 Å². The molecule has 4 rings (SSSR count). The Kier molecular flexibility index (Phi) is 5.54. The Hall–Kier alpha value is -2.51. The Morgan fingerprint density at radius 1 is 1.25 bits per heavy atom. The van der Waals surface area contributed by atoms with Crippen LogP contribution in [0.2, 0.25) is 0 Å². The lowest BCUT2D eigenvalue weighted by atomic mass is 9.91. The summed E-state index contributed by atoms with van der Waals surface area (Å²) in [7, 11) is 3.34. The average molecular weight is 415 g/mol. The van der Waals surface area contributed by atoms with Crippen LogP contribution < -0.4 is 14.8 Å². The van der Waals surface area contributed by atoms with E-state index in [-0.39, 0.29) is 6.04 Å². The summed E-state index contributed by atoms with van der Waals surface area (Å²) in [5.41, 5.74) is 2.47. The van der Waals surface area contributed by atoms with E-state index in [4.69, 9.17) is 26.1 Å². The lowest BCUT2D eigenvalue weighted by Crippen LogP contribution is -2.45. The Bertz CT molecular complexity index is 939. The largest absolute Gasteiger partial charge is 0.493 e. The van der Waals surface area contributed by atoms with Gasteiger partial charge in [0.25, 0.3) is 0 Å². The molecule has 0 aliphatic carbocycles. The third-order valence-electron chi connectivity index (χ3n) is 4.94. The van der Waals surface area contributed by atoms with E-state index in [1.165, 1.54) is 16.0 Å². The molecule has 0 fully saturated rings. The maximum Gasteiger partial charge on any atom is 0.170 e. The first-order chi connectivity index (χ1) is 13.7. The fraction of sp³-hybridized carbons (Fsp3) is 0.286. The molecule has 1 atom stereocenters. The van der Waals surface area contributed by atoms with Crippen molar-refractivity contribution in [3.63, 3.8) is 0 Å². The van der Waals surface area contributed by atoms with Gasteiger partial charge in [0.1, 0.15) is 5.76 Å². The molecule has 0 amide bonds. The lowest BCUT2D eigenvalue weighted by molar-refractivity contribution is 0.325. The topological polar surface area (TPSA) is 46.9 Å². The fourth-order valence-electron chi connectivity index (χ4n) is 3.60. The average Bonchev–Trinajstić information content (AvgIpc) is 3.44. The number of nitrogens with zero attached hydrogens (tertiary/aromatic N) is 1. The van der Waals surface area contributed by atoms with Gasteiger partial charge in [-0.05, 0) is 65.5 Å². The van der Waals surface area contributed by atoms with Crippen molar-refractivity contribution in [2.45, 2.75) is 19.0 Å². The molecule has 1 aliphatic heterocycles. The van der Waals surface area contributed by atoms with Gasteiger partial charge in [-0.2, -0.15) is 0 Å². The highest BCUT2D eigenvalue weighted by Crippen LogP contribution is 2.42. The number of furan rings is 1. The first-order valence-electron chi connectivity index (χ1n) is 9.06. The van der Waals surface area contributed by atoms with Crippen LogP contribution in [0.1, 0.15) is 27.8 Å². The van der Waals surface area contributed by atoms with Gasteiger partial charge in [0.05, 0.1) is 33.1 Å². The predicted octanol–water partition coefficient (Wildman–Crippen LogP) is 4.38. The maximum atomic E-state index is 5.76. The molecule has 7 heteroatoms. The molecule has 3 heterocycles. The SMILES string of the molecule is COc1cc2c(cc1OC)[C@H](c1cccs1)N(C(=S)NCc1ccco1)CC2. The van der Waals surface area contributed by atoms with Crippen molar-refractivity contribution in [2.75, 3.05) is 20.8 Å². The monoisotopic (exact) mass is 414 g/mol. The van der Waals surface area contributed by atoms with Crippen molar-refractivity contribution in [1.29, 1.82) is 0 Å². The molecule has 1 aliphatic rings. The zero-order chi connectivity index (χ0) is 19.5. The van der Waals surface area contributed by atoms with Crippen molar-refractivity contribution in [2.24, 2.45) is 0 Å². The Morgan fingerprint density at radius 2 is 2.07 bits per heavy atom. The predicted molar refractivity (Wildman–Crippen MR) is 114 cm³/mol. The first-order valence-corrected chi connectivity index (χ1v) is 10.3. The molecular formula is C21H22N2O3S2. The number of thiocarbonyl (C=S) groups is 1. The van der Waals surface area contributed by atoms with Crippen LogP contribution in [0.3, 0.4) is 0 Å². The molecule has 0 bridgehead atoms. The number of hydrogen-bond acceptors (Lipinski definition) is 5. The molecule has 3 aromatic rings. The Labute approximate surface area is 173 Å². The van der Waals surface area contributed by atoms with Gasteiger partial charge in [0, 0.05) is 11.4 Å². The van der Waals surface area contributed by atoms with E-state index in [2.05, 4.69) is 39.9 Å². The van der Waals surface area contributed by atoms with E-state index in [1.54, 1.807) is 31.8 Å². The van der Waals surface area contributed by atoms with E-state index in [1.807, 2.05) is 12.1 Å². The summed E-state index contributed by atoms with van der Waals surface area (Å²) < 4.78 is 16.5. The quantitative estimate of drug-likeness (QED) is 0.625. The second-order valence-electron chi connectivity index (χ2n) is 6.51. The van der Waals surface area contributed by atoms with E-state index >= 15 is 0 Å². The highest BCUT2D eigenvalue weighted by molar-refractivity contribution is 7.80. The van der Waals surface area contributed by atoms with Gasteiger partial charge >= 0.3 is 0 Å². The third kappa shape index (κ3) is 3.59. The number of thiophene rings is 1. The fourth-order valence-corrected chi connectivity index (χ4v) is 4.72. The number of rotatable bonds is 5. The number of ether oxygens (including phenoxy) is 2. The van der Waals surface area contributed by atoms with Crippen LogP contribution in [0.15, 0.2) is 52.5 Å². The molecule has 0 spiro atoms. The number of benzene rings is 1. The van der Waals surface area contributed by atoms with Gasteiger partial charge in [0.2, 0.25) is 0 Å². The smallest absolute Gasteiger partial charge is 0.170 e. The Balaban J connectivity index is 1.67. The molecule has 1 aromatic carbocycles. The summed E-state index contributed by atoms with van der Waals surface area (Å²) in [5.74, 6) is 2.36. The summed E-state index contributed by atoms with van der Waals surface area (Å²) in [5, 5.41) is 6.16. The van der Waals surface area contributed by atoms with Crippen LogP contribution in [0, 0.1) is 0 Å². The van der Waals surface area contributed by atoms with Crippen LogP contribution in [-0.2, 0) is 13.0 Å². The van der Waals surface area contributed by atoms with Crippen molar-refractivity contribution in [3.8, 4) is 11.5 Å². The highest BCUT2D eigenvalue weighted by atomic mass is 32.1. The normalized spacial score (nSPS) is 15.8. The van der Waals surface area contributed by atoms with Crippen molar-refractivity contribution >= 4 is 28.7 Å². The van der Waals surface area contributed by atoms with Crippen molar-refractivity contribution in [3.05, 3.63) is 69.8 Å². The summed E-state index contributed by atoms with van der Waals surface area (Å²) in [6.07, 6.45) is 2.56. The number of hydrogen-bond donors (Lipinski definition) is 1. The van der Waals surface area contributed by atoms with Crippen LogP contribution >= 0.6 is 23.6 Å². The van der Waals surface area contributed by atoms with Crippen LogP contribution in [-0.4, -0.2) is 30.8 Å². The lowest BCUT2D eigenvalue weighted by Gasteiger charge is -2.39. The first kappa shape index (κ1) is 18.8. The number of methoxy groups -OCH3 is 2. The van der Waals surface area contributed by atoms with Gasteiger partial charge < -0.3 is 24.1 Å². The molecular weight excluding hydrogens is 392 g/mol. The van der Waals surface area contributed by atoms with E-state index < -0.39 is 0 Å². The molecule has 0 unspecified atom stereocenters. The maximum absolute atomic E-state index is 5.76. The zero-order valence-corrected chi connectivity index (χ0v) is 17.4. The van der Waals surface area contributed by atoms with E-state index in [0.29, 0.717) is 6.54 Å². The third-order valence-corrected chi connectivity index (χ3v) is 6.24. The van der Waals surface area contributed by atoms with E-state index in [9.17, 15) is 0 Å². The van der Waals surface area contributed by atoms with Crippen LogP contribution in [0.25, 0.3) is 0 Å². The second-order valence-corrected chi connectivity index (χ2v) is 7.87. The minimum Gasteiger partial charge on any atom is -0.493 e.